The molecule has 0 aliphatic rings. The number of anilines is 3. The minimum atomic E-state index is 0.700. The van der Waals surface area contributed by atoms with Crippen molar-refractivity contribution in [2.45, 2.75) is 0 Å². The number of hydrogen-bond donors (Lipinski definition) is 0. The zero-order valence-electron chi connectivity index (χ0n) is 20.8. The Bertz CT molecular complexity index is 1540. The molecule has 0 aliphatic carbocycles. The third kappa shape index (κ3) is 4.98. The van der Waals surface area contributed by atoms with Gasteiger partial charge in [0, 0.05) is 11.4 Å². The van der Waals surface area contributed by atoms with Crippen molar-refractivity contribution < 1.29 is 0 Å². The normalized spacial score (nSPS) is 10.8. The minimum absolute atomic E-state index is 0.700. The molecule has 0 aromatic heterocycles. The average molecular weight is 508 g/mol. The molecule has 6 aromatic rings. The summed E-state index contributed by atoms with van der Waals surface area (Å²) in [4.78, 5) is 2.22. The highest BCUT2D eigenvalue weighted by molar-refractivity contribution is 6.34. The Labute approximate surface area is 229 Å². The van der Waals surface area contributed by atoms with Gasteiger partial charge in [-0.15, -0.1) is 0 Å². The fourth-order valence-electron chi connectivity index (χ4n) is 4.79. The molecule has 0 saturated heterocycles. The van der Waals surface area contributed by atoms with Crippen LogP contribution in [0.4, 0.5) is 17.1 Å². The lowest BCUT2D eigenvalue weighted by Crippen LogP contribution is -2.10. The third-order valence-corrected chi connectivity index (χ3v) is 7.06. The molecule has 0 radical (unpaired) electrons. The van der Waals surface area contributed by atoms with E-state index in [-0.39, 0.29) is 0 Å². The van der Waals surface area contributed by atoms with Crippen LogP contribution in [0.3, 0.4) is 0 Å². The summed E-state index contributed by atoms with van der Waals surface area (Å²) in [7, 11) is 0. The van der Waals surface area contributed by atoms with Crippen molar-refractivity contribution in [3.63, 3.8) is 0 Å². The Kier molecular flexibility index (Phi) is 6.76. The van der Waals surface area contributed by atoms with Crippen molar-refractivity contribution >= 4 is 28.7 Å². The molecule has 0 heterocycles. The second-order valence-electron chi connectivity index (χ2n) is 9.19. The zero-order valence-corrected chi connectivity index (χ0v) is 21.6. The van der Waals surface area contributed by atoms with Gasteiger partial charge in [-0.1, -0.05) is 133 Å². The van der Waals surface area contributed by atoms with Gasteiger partial charge < -0.3 is 4.90 Å². The van der Waals surface area contributed by atoms with Gasteiger partial charge in [0.2, 0.25) is 0 Å². The van der Waals surface area contributed by atoms with E-state index < -0.39 is 0 Å². The Hall–Kier alpha value is -4.59. The van der Waals surface area contributed by atoms with Crippen molar-refractivity contribution in [2.24, 2.45) is 0 Å². The molecule has 0 amide bonds. The summed E-state index contributed by atoms with van der Waals surface area (Å²) < 4.78 is 0. The average Bonchev–Trinajstić information content (AvgIpc) is 3.00. The fraction of sp³-hybridized carbons (Fsp3) is 0. The summed E-state index contributed by atoms with van der Waals surface area (Å²) in [6, 6.07) is 54.8. The molecule has 0 atom stereocenters. The lowest BCUT2D eigenvalue weighted by molar-refractivity contribution is 1.28. The first-order valence-corrected chi connectivity index (χ1v) is 13.1. The topological polar surface area (TPSA) is 3.24 Å². The summed E-state index contributed by atoms with van der Waals surface area (Å²) in [5, 5.41) is 0.700. The van der Waals surface area contributed by atoms with Gasteiger partial charge in [0.15, 0.2) is 0 Å². The van der Waals surface area contributed by atoms with Crippen LogP contribution in [-0.4, -0.2) is 0 Å². The summed E-state index contributed by atoms with van der Waals surface area (Å²) in [6.45, 7) is 0. The molecular weight excluding hydrogens is 482 g/mol. The number of halogens is 1. The molecule has 6 aromatic carbocycles. The fourth-order valence-corrected chi connectivity index (χ4v) is 5.06. The summed E-state index contributed by atoms with van der Waals surface area (Å²) in [5.74, 6) is 0. The van der Waals surface area contributed by atoms with Crippen LogP contribution in [0.1, 0.15) is 0 Å². The van der Waals surface area contributed by atoms with Crippen LogP contribution in [-0.2, 0) is 0 Å². The van der Waals surface area contributed by atoms with E-state index >= 15 is 0 Å². The first-order valence-electron chi connectivity index (χ1n) is 12.7. The molecule has 182 valence electrons. The highest BCUT2D eigenvalue weighted by Gasteiger charge is 2.17. The summed E-state index contributed by atoms with van der Waals surface area (Å²) >= 11 is 6.99. The third-order valence-electron chi connectivity index (χ3n) is 6.76. The van der Waals surface area contributed by atoms with Crippen molar-refractivity contribution in [3.8, 4) is 33.4 Å². The van der Waals surface area contributed by atoms with Crippen LogP contribution in [0.5, 0.6) is 0 Å². The molecule has 0 aliphatic heterocycles. The standard InChI is InChI=1S/C36H26ClN/c37-35-26-32(29-14-8-3-9-15-29)20-25-36(35)38(33-21-16-30(17-22-33)27-10-4-1-5-11-27)34-23-18-31(19-24-34)28-12-6-2-7-13-28/h1-26H. The van der Waals surface area contributed by atoms with Crippen LogP contribution in [0.15, 0.2) is 158 Å². The maximum atomic E-state index is 6.99. The van der Waals surface area contributed by atoms with Crippen LogP contribution in [0.2, 0.25) is 5.02 Å². The highest BCUT2D eigenvalue weighted by atomic mass is 35.5. The second-order valence-corrected chi connectivity index (χ2v) is 9.60. The van der Waals surface area contributed by atoms with Crippen LogP contribution >= 0.6 is 11.6 Å². The Morgan fingerprint density at radius 3 is 1.08 bits per heavy atom. The van der Waals surface area contributed by atoms with E-state index in [1.807, 2.05) is 30.3 Å². The maximum Gasteiger partial charge on any atom is 0.0652 e. The molecule has 0 spiro atoms. The quantitative estimate of drug-likeness (QED) is 0.216. The van der Waals surface area contributed by atoms with Gasteiger partial charge in [0.25, 0.3) is 0 Å². The number of rotatable bonds is 6. The predicted molar refractivity (Wildman–Crippen MR) is 162 cm³/mol. The van der Waals surface area contributed by atoms with Crippen LogP contribution in [0.25, 0.3) is 33.4 Å². The van der Waals surface area contributed by atoms with Gasteiger partial charge in [-0.25, -0.2) is 0 Å². The number of nitrogens with zero attached hydrogens (tertiary/aromatic N) is 1. The Morgan fingerprint density at radius 2 is 0.684 bits per heavy atom. The largest absolute Gasteiger partial charge is 0.309 e. The van der Waals surface area contributed by atoms with Crippen molar-refractivity contribution in [3.05, 3.63) is 163 Å². The number of benzene rings is 6. The first kappa shape index (κ1) is 23.8. The van der Waals surface area contributed by atoms with Gasteiger partial charge in [0.1, 0.15) is 0 Å². The summed E-state index contributed by atoms with van der Waals surface area (Å²) in [5.41, 5.74) is 10.0. The Balaban J connectivity index is 1.42. The summed E-state index contributed by atoms with van der Waals surface area (Å²) in [6.07, 6.45) is 0. The SMILES string of the molecule is Clc1cc(-c2ccccc2)ccc1N(c1ccc(-c2ccccc2)cc1)c1ccc(-c2ccccc2)cc1. The van der Waals surface area contributed by atoms with E-state index in [1.165, 1.54) is 22.3 Å². The molecule has 0 N–H and O–H groups in total. The smallest absolute Gasteiger partial charge is 0.0652 e. The van der Waals surface area contributed by atoms with E-state index in [0.29, 0.717) is 5.02 Å². The monoisotopic (exact) mass is 507 g/mol. The molecule has 0 bridgehead atoms. The van der Waals surface area contributed by atoms with Gasteiger partial charge in [-0.3, -0.25) is 0 Å². The lowest BCUT2D eigenvalue weighted by Gasteiger charge is -2.27. The van der Waals surface area contributed by atoms with Gasteiger partial charge in [0.05, 0.1) is 10.7 Å². The minimum Gasteiger partial charge on any atom is -0.309 e. The van der Waals surface area contributed by atoms with Crippen molar-refractivity contribution in [1.29, 1.82) is 0 Å². The van der Waals surface area contributed by atoms with E-state index in [1.54, 1.807) is 0 Å². The molecule has 2 heteroatoms. The molecule has 1 nitrogen and oxygen atoms in total. The first-order chi connectivity index (χ1) is 18.8. The molecule has 6 rings (SSSR count). The van der Waals surface area contributed by atoms with E-state index in [9.17, 15) is 0 Å². The van der Waals surface area contributed by atoms with Crippen molar-refractivity contribution in [1.82, 2.24) is 0 Å². The zero-order chi connectivity index (χ0) is 25.7. The molecule has 0 saturated carbocycles. The van der Waals surface area contributed by atoms with Crippen LogP contribution in [0, 0.1) is 0 Å². The lowest BCUT2D eigenvalue weighted by atomic mass is 10.0. The van der Waals surface area contributed by atoms with E-state index in [4.69, 9.17) is 11.6 Å². The molecule has 0 fully saturated rings. The number of hydrogen-bond acceptors (Lipinski definition) is 1. The molecule has 0 unspecified atom stereocenters. The predicted octanol–water partition coefficient (Wildman–Crippen LogP) is 10.8. The van der Waals surface area contributed by atoms with Crippen LogP contribution < -0.4 is 4.90 Å². The van der Waals surface area contributed by atoms with Gasteiger partial charge in [-0.05, 0) is 69.8 Å². The second kappa shape index (κ2) is 10.8. The molecule has 38 heavy (non-hydrogen) atoms. The Morgan fingerprint density at radius 1 is 0.342 bits per heavy atom. The van der Waals surface area contributed by atoms with Gasteiger partial charge in [-0.2, -0.15) is 0 Å². The van der Waals surface area contributed by atoms with Gasteiger partial charge >= 0.3 is 0 Å². The maximum absolute atomic E-state index is 6.99. The van der Waals surface area contributed by atoms with Crippen molar-refractivity contribution in [2.75, 3.05) is 4.90 Å². The highest BCUT2D eigenvalue weighted by Crippen LogP contribution is 2.41. The van der Waals surface area contributed by atoms with E-state index in [0.717, 1.165) is 28.2 Å². The molecular formula is C36H26ClN. The van der Waals surface area contributed by atoms with E-state index in [2.05, 4.69) is 132 Å².